The number of anilines is 1. The monoisotopic (exact) mass is 342 g/mol. The van der Waals surface area contributed by atoms with E-state index in [-0.39, 0.29) is 10.7 Å². The highest BCUT2D eigenvalue weighted by Crippen LogP contribution is 2.23. The second-order valence-corrected chi connectivity index (χ2v) is 5.67. The number of carbonyl (C=O) groups is 2. The number of carbonyl (C=O) groups excluding carboxylic acids is 2. The van der Waals surface area contributed by atoms with Gasteiger partial charge in [0.15, 0.2) is 5.11 Å². The molecule has 2 aromatic carbocycles. The molecule has 4 nitrogen and oxygen atoms in total. The lowest BCUT2D eigenvalue weighted by atomic mass is 10.1. The van der Waals surface area contributed by atoms with Gasteiger partial charge in [-0.15, -0.1) is 0 Å². The van der Waals surface area contributed by atoms with Gasteiger partial charge in [-0.3, -0.25) is 19.8 Å². The number of nitrogens with one attached hydrogen (secondary N) is 1. The van der Waals surface area contributed by atoms with Crippen molar-refractivity contribution in [3.05, 3.63) is 70.8 Å². The molecule has 2 aromatic rings. The van der Waals surface area contributed by atoms with E-state index in [1.807, 2.05) is 30.3 Å². The minimum absolute atomic E-state index is 0.0275. The molecule has 0 aromatic heterocycles. The SMILES string of the molecule is O=C1NC(=S)N(c2ccc(Cl)cc2)C(=O)/C1=C/c1ccccc1. The quantitative estimate of drug-likeness (QED) is 0.518. The van der Waals surface area contributed by atoms with E-state index in [0.717, 1.165) is 5.56 Å². The normalized spacial score (nSPS) is 16.7. The lowest BCUT2D eigenvalue weighted by Gasteiger charge is -2.28. The van der Waals surface area contributed by atoms with E-state index < -0.39 is 11.8 Å². The third-order valence-corrected chi connectivity index (χ3v) is 3.83. The molecule has 0 radical (unpaired) electrons. The van der Waals surface area contributed by atoms with Gasteiger partial charge in [0.2, 0.25) is 0 Å². The number of rotatable bonds is 2. The first-order chi connectivity index (χ1) is 11.1. The first kappa shape index (κ1) is 15.4. The zero-order valence-electron chi connectivity index (χ0n) is 11.8. The molecule has 0 bridgehead atoms. The highest BCUT2D eigenvalue weighted by atomic mass is 35.5. The zero-order valence-corrected chi connectivity index (χ0v) is 13.4. The molecule has 0 unspecified atom stereocenters. The minimum atomic E-state index is -0.505. The molecule has 0 spiro atoms. The summed E-state index contributed by atoms with van der Waals surface area (Å²) >= 11 is 11.0. The number of benzene rings is 2. The Labute approximate surface area is 143 Å². The van der Waals surface area contributed by atoms with Crippen LogP contribution in [0.15, 0.2) is 60.2 Å². The fraction of sp³-hybridized carbons (Fsp3) is 0. The van der Waals surface area contributed by atoms with Crippen LogP contribution in [0.4, 0.5) is 5.69 Å². The van der Waals surface area contributed by atoms with Gasteiger partial charge < -0.3 is 0 Å². The number of halogens is 1. The van der Waals surface area contributed by atoms with Crippen molar-refractivity contribution in [3.63, 3.8) is 0 Å². The Hall–Kier alpha value is -2.50. The molecular formula is C17H11ClN2O2S. The highest BCUT2D eigenvalue weighted by molar-refractivity contribution is 7.80. The highest BCUT2D eigenvalue weighted by Gasteiger charge is 2.34. The zero-order chi connectivity index (χ0) is 16.4. The molecule has 2 amide bonds. The number of amides is 2. The number of hydrogen-bond donors (Lipinski definition) is 1. The van der Waals surface area contributed by atoms with Gasteiger partial charge in [0.25, 0.3) is 11.8 Å². The topological polar surface area (TPSA) is 49.4 Å². The summed E-state index contributed by atoms with van der Waals surface area (Å²) in [5.41, 5.74) is 1.33. The summed E-state index contributed by atoms with van der Waals surface area (Å²) in [6, 6.07) is 15.8. The molecular weight excluding hydrogens is 332 g/mol. The second-order valence-electron chi connectivity index (χ2n) is 4.84. The van der Waals surface area contributed by atoms with E-state index in [0.29, 0.717) is 10.7 Å². The maximum atomic E-state index is 12.7. The molecule has 6 heteroatoms. The van der Waals surface area contributed by atoms with Gasteiger partial charge >= 0.3 is 0 Å². The molecule has 114 valence electrons. The molecule has 1 heterocycles. The van der Waals surface area contributed by atoms with E-state index in [1.165, 1.54) is 4.90 Å². The molecule has 0 saturated carbocycles. The summed E-state index contributed by atoms with van der Waals surface area (Å²) in [6.45, 7) is 0. The largest absolute Gasteiger partial charge is 0.298 e. The fourth-order valence-electron chi connectivity index (χ4n) is 2.20. The summed E-state index contributed by atoms with van der Waals surface area (Å²) in [5.74, 6) is -0.973. The summed E-state index contributed by atoms with van der Waals surface area (Å²) in [5, 5.41) is 3.14. The predicted molar refractivity (Wildman–Crippen MR) is 94.1 cm³/mol. The van der Waals surface area contributed by atoms with Crippen LogP contribution in [-0.2, 0) is 9.59 Å². The third-order valence-electron chi connectivity index (χ3n) is 3.30. The molecule has 3 rings (SSSR count). The number of thiocarbonyl (C=S) groups is 1. The van der Waals surface area contributed by atoms with Crippen LogP contribution >= 0.6 is 23.8 Å². The van der Waals surface area contributed by atoms with Gasteiger partial charge in [-0.25, -0.2) is 0 Å². The first-order valence-corrected chi connectivity index (χ1v) is 7.57. The van der Waals surface area contributed by atoms with Crippen molar-refractivity contribution in [1.29, 1.82) is 0 Å². The van der Waals surface area contributed by atoms with Crippen LogP contribution in [-0.4, -0.2) is 16.9 Å². The Morgan fingerprint density at radius 3 is 2.30 bits per heavy atom. The van der Waals surface area contributed by atoms with Gasteiger partial charge in [-0.05, 0) is 48.1 Å². The van der Waals surface area contributed by atoms with Crippen molar-refractivity contribution >= 4 is 52.5 Å². The molecule has 1 fully saturated rings. The standard InChI is InChI=1S/C17H11ClN2O2S/c18-12-6-8-13(9-7-12)20-16(22)14(15(21)19-17(20)23)10-11-4-2-1-3-5-11/h1-10H,(H,19,21,23)/b14-10+. The minimum Gasteiger partial charge on any atom is -0.298 e. The molecule has 0 aliphatic carbocycles. The van der Waals surface area contributed by atoms with Crippen molar-refractivity contribution in [2.75, 3.05) is 4.90 Å². The number of hydrogen-bond acceptors (Lipinski definition) is 3. The molecule has 1 N–H and O–H groups in total. The van der Waals surface area contributed by atoms with Crippen molar-refractivity contribution in [2.24, 2.45) is 0 Å². The van der Waals surface area contributed by atoms with Crippen LogP contribution in [0.3, 0.4) is 0 Å². The Kier molecular flexibility index (Phi) is 4.23. The average Bonchev–Trinajstić information content (AvgIpc) is 2.54. The summed E-state index contributed by atoms with van der Waals surface area (Å²) < 4.78 is 0. The van der Waals surface area contributed by atoms with E-state index >= 15 is 0 Å². The van der Waals surface area contributed by atoms with Gasteiger partial charge in [-0.1, -0.05) is 41.9 Å². The third kappa shape index (κ3) is 3.16. The van der Waals surface area contributed by atoms with Gasteiger partial charge in [0.1, 0.15) is 5.57 Å². The fourth-order valence-corrected chi connectivity index (χ4v) is 2.61. The molecule has 1 aliphatic heterocycles. The van der Waals surface area contributed by atoms with Gasteiger partial charge in [0, 0.05) is 5.02 Å². The lowest BCUT2D eigenvalue weighted by molar-refractivity contribution is -0.122. The van der Waals surface area contributed by atoms with E-state index in [4.69, 9.17) is 23.8 Å². The summed E-state index contributed by atoms with van der Waals surface area (Å²) in [4.78, 5) is 26.1. The van der Waals surface area contributed by atoms with E-state index in [2.05, 4.69) is 5.32 Å². The predicted octanol–water partition coefficient (Wildman–Crippen LogP) is 3.17. The Bertz CT molecular complexity index is 816. The van der Waals surface area contributed by atoms with Crippen LogP contribution in [0.2, 0.25) is 5.02 Å². The second kappa shape index (κ2) is 6.32. The van der Waals surface area contributed by atoms with E-state index in [9.17, 15) is 9.59 Å². The first-order valence-electron chi connectivity index (χ1n) is 6.78. The Balaban J connectivity index is 2.01. The summed E-state index contributed by atoms with van der Waals surface area (Å²) in [6.07, 6.45) is 1.54. The molecule has 1 aliphatic rings. The van der Waals surface area contributed by atoms with Crippen molar-refractivity contribution in [3.8, 4) is 0 Å². The van der Waals surface area contributed by atoms with Crippen LogP contribution in [0, 0.1) is 0 Å². The summed E-state index contributed by atoms with van der Waals surface area (Å²) in [7, 11) is 0. The lowest BCUT2D eigenvalue weighted by Crippen LogP contribution is -2.54. The smallest absolute Gasteiger partial charge is 0.270 e. The molecule has 1 saturated heterocycles. The van der Waals surface area contributed by atoms with E-state index in [1.54, 1.807) is 30.3 Å². The Morgan fingerprint density at radius 1 is 1.00 bits per heavy atom. The van der Waals surface area contributed by atoms with Gasteiger partial charge in [0.05, 0.1) is 5.69 Å². The van der Waals surface area contributed by atoms with Crippen LogP contribution < -0.4 is 10.2 Å². The van der Waals surface area contributed by atoms with Crippen molar-refractivity contribution in [1.82, 2.24) is 5.32 Å². The van der Waals surface area contributed by atoms with Crippen LogP contribution in [0.1, 0.15) is 5.56 Å². The number of nitrogens with zero attached hydrogens (tertiary/aromatic N) is 1. The van der Waals surface area contributed by atoms with Crippen LogP contribution in [0.5, 0.6) is 0 Å². The van der Waals surface area contributed by atoms with Crippen molar-refractivity contribution < 1.29 is 9.59 Å². The Morgan fingerprint density at radius 2 is 1.65 bits per heavy atom. The molecule has 0 atom stereocenters. The van der Waals surface area contributed by atoms with Gasteiger partial charge in [-0.2, -0.15) is 0 Å². The molecule has 23 heavy (non-hydrogen) atoms. The van der Waals surface area contributed by atoms with Crippen molar-refractivity contribution in [2.45, 2.75) is 0 Å². The maximum Gasteiger partial charge on any atom is 0.270 e. The van der Waals surface area contributed by atoms with Crippen LogP contribution in [0.25, 0.3) is 6.08 Å². The average molecular weight is 343 g/mol. The maximum absolute atomic E-state index is 12.7.